The van der Waals surface area contributed by atoms with Gasteiger partial charge in [0.1, 0.15) is 5.60 Å². The van der Waals surface area contributed by atoms with E-state index in [4.69, 9.17) is 4.74 Å². The fourth-order valence-electron chi connectivity index (χ4n) is 3.66. The van der Waals surface area contributed by atoms with Gasteiger partial charge in [0.15, 0.2) is 0 Å². The third kappa shape index (κ3) is 1.92. The van der Waals surface area contributed by atoms with Gasteiger partial charge in [0.05, 0.1) is 0 Å². The molecule has 0 aromatic rings. The summed E-state index contributed by atoms with van der Waals surface area (Å²) in [4.78, 5) is 13.9. The first-order valence-corrected chi connectivity index (χ1v) is 6.68. The predicted molar refractivity (Wildman–Crippen MR) is 64.7 cm³/mol. The first-order valence-electron chi connectivity index (χ1n) is 6.68. The number of hydrogen-bond acceptors (Lipinski definition) is 3. The number of hydrogen-bond donors (Lipinski definition) is 1. The van der Waals surface area contributed by atoms with Gasteiger partial charge in [-0.05, 0) is 45.4 Å². The second-order valence-corrected chi connectivity index (χ2v) is 6.67. The Morgan fingerprint density at radius 2 is 1.71 bits per heavy atom. The van der Waals surface area contributed by atoms with Crippen molar-refractivity contribution in [3.8, 4) is 0 Å². The number of likely N-dealkylation sites (tertiary alicyclic amines) is 1. The Morgan fingerprint density at radius 1 is 1.18 bits per heavy atom. The molecule has 0 spiro atoms. The molecule has 0 aromatic heterocycles. The highest BCUT2D eigenvalue weighted by Crippen LogP contribution is 2.43. The monoisotopic (exact) mass is 238 g/mol. The van der Waals surface area contributed by atoms with Crippen molar-refractivity contribution in [2.75, 3.05) is 13.1 Å². The van der Waals surface area contributed by atoms with Crippen LogP contribution in [0.25, 0.3) is 0 Å². The largest absolute Gasteiger partial charge is 0.444 e. The molecule has 1 amide bonds. The smallest absolute Gasteiger partial charge is 0.410 e. The van der Waals surface area contributed by atoms with Crippen LogP contribution in [0.15, 0.2) is 0 Å². The summed E-state index contributed by atoms with van der Waals surface area (Å²) >= 11 is 0. The average molecular weight is 238 g/mol. The van der Waals surface area contributed by atoms with E-state index < -0.39 is 0 Å². The van der Waals surface area contributed by atoms with Crippen molar-refractivity contribution in [1.82, 2.24) is 10.2 Å². The molecule has 3 rings (SSSR count). The van der Waals surface area contributed by atoms with E-state index in [0.29, 0.717) is 23.9 Å². The average Bonchev–Trinajstić information content (AvgIpc) is 2.87. The molecule has 3 fully saturated rings. The maximum absolute atomic E-state index is 12.0. The van der Waals surface area contributed by atoms with Crippen LogP contribution in [0.1, 0.15) is 33.6 Å². The van der Waals surface area contributed by atoms with E-state index in [1.165, 1.54) is 12.8 Å². The van der Waals surface area contributed by atoms with Gasteiger partial charge in [0.2, 0.25) is 0 Å². The molecule has 4 atom stereocenters. The molecule has 0 aromatic carbocycles. The summed E-state index contributed by atoms with van der Waals surface area (Å²) in [7, 11) is 0. The van der Waals surface area contributed by atoms with Crippen LogP contribution in [-0.4, -0.2) is 41.8 Å². The lowest BCUT2D eigenvalue weighted by Crippen LogP contribution is -2.38. The zero-order chi connectivity index (χ0) is 12.2. The lowest BCUT2D eigenvalue weighted by molar-refractivity contribution is 0.0278. The first-order chi connectivity index (χ1) is 7.94. The maximum Gasteiger partial charge on any atom is 0.410 e. The van der Waals surface area contributed by atoms with Crippen LogP contribution in [-0.2, 0) is 4.74 Å². The van der Waals surface area contributed by atoms with E-state index in [9.17, 15) is 4.79 Å². The van der Waals surface area contributed by atoms with Gasteiger partial charge in [-0.2, -0.15) is 0 Å². The van der Waals surface area contributed by atoms with Gasteiger partial charge in [-0.25, -0.2) is 4.79 Å². The minimum absolute atomic E-state index is 0.133. The van der Waals surface area contributed by atoms with Crippen molar-refractivity contribution in [1.29, 1.82) is 0 Å². The molecule has 3 saturated heterocycles. The van der Waals surface area contributed by atoms with Crippen LogP contribution in [0.2, 0.25) is 0 Å². The molecule has 3 aliphatic heterocycles. The van der Waals surface area contributed by atoms with Crippen molar-refractivity contribution in [3.05, 3.63) is 0 Å². The van der Waals surface area contributed by atoms with E-state index >= 15 is 0 Å². The quantitative estimate of drug-likeness (QED) is 0.697. The Morgan fingerprint density at radius 3 is 2.18 bits per heavy atom. The number of carbonyl (C=O) groups is 1. The fraction of sp³-hybridized carbons (Fsp3) is 0.923. The Hall–Kier alpha value is -0.770. The molecule has 17 heavy (non-hydrogen) atoms. The van der Waals surface area contributed by atoms with Crippen molar-refractivity contribution in [3.63, 3.8) is 0 Å². The molecular formula is C13H22N2O2. The molecular weight excluding hydrogens is 216 g/mol. The molecule has 4 nitrogen and oxygen atoms in total. The van der Waals surface area contributed by atoms with Crippen molar-refractivity contribution >= 4 is 6.09 Å². The SMILES string of the molecule is CC(C)(C)OC(=O)N1C[C@@H]2[C@H](C1)[C@@H]1CC[C@H]2N1. The van der Waals surface area contributed by atoms with Gasteiger partial charge < -0.3 is 15.0 Å². The maximum atomic E-state index is 12.0. The highest BCUT2D eigenvalue weighted by molar-refractivity contribution is 5.68. The van der Waals surface area contributed by atoms with E-state index in [0.717, 1.165) is 13.1 Å². The summed E-state index contributed by atoms with van der Waals surface area (Å²) < 4.78 is 5.44. The van der Waals surface area contributed by atoms with Gasteiger partial charge in [0, 0.05) is 25.2 Å². The molecule has 96 valence electrons. The van der Waals surface area contributed by atoms with Gasteiger partial charge in [0.25, 0.3) is 0 Å². The molecule has 3 heterocycles. The number of nitrogens with one attached hydrogen (secondary N) is 1. The van der Waals surface area contributed by atoms with E-state index in [-0.39, 0.29) is 11.7 Å². The molecule has 0 saturated carbocycles. The summed E-state index contributed by atoms with van der Waals surface area (Å²) in [5.74, 6) is 1.34. The topological polar surface area (TPSA) is 41.6 Å². The molecule has 4 heteroatoms. The van der Waals surface area contributed by atoms with E-state index in [1.54, 1.807) is 0 Å². The van der Waals surface area contributed by atoms with Crippen LogP contribution >= 0.6 is 0 Å². The Kier molecular flexibility index (Phi) is 2.41. The van der Waals surface area contributed by atoms with E-state index in [2.05, 4.69) is 5.32 Å². The lowest BCUT2D eigenvalue weighted by atomic mass is 9.82. The zero-order valence-electron chi connectivity index (χ0n) is 10.9. The molecule has 0 unspecified atom stereocenters. The third-order valence-corrected chi connectivity index (χ3v) is 4.31. The van der Waals surface area contributed by atoms with Gasteiger partial charge in [-0.3, -0.25) is 0 Å². The fourth-order valence-corrected chi connectivity index (χ4v) is 3.66. The molecule has 0 aliphatic carbocycles. The normalized spacial score (nSPS) is 39.6. The molecule has 0 radical (unpaired) electrons. The third-order valence-electron chi connectivity index (χ3n) is 4.31. The van der Waals surface area contributed by atoms with Crippen LogP contribution in [0, 0.1) is 11.8 Å². The van der Waals surface area contributed by atoms with Crippen LogP contribution in [0.4, 0.5) is 4.79 Å². The number of carbonyl (C=O) groups excluding carboxylic acids is 1. The molecule has 1 N–H and O–H groups in total. The van der Waals surface area contributed by atoms with Crippen molar-refractivity contribution in [2.24, 2.45) is 11.8 Å². The second-order valence-electron chi connectivity index (χ2n) is 6.67. The highest BCUT2D eigenvalue weighted by atomic mass is 16.6. The van der Waals surface area contributed by atoms with Crippen molar-refractivity contribution in [2.45, 2.75) is 51.3 Å². The Bertz CT molecular complexity index is 319. The zero-order valence-corrected chi connectivity index (χ0v) is 10.9. The van der Waals surface area contributed by atoms with Crippen molar-refractivity contribution < 1.29 is 9.53 Å². The number of ether oxygens (including phenoxy) is 1. The standard InChI is InChI=1S/C13H22N2O2/c1-13(2,3)17-12(16)15-6-8-9(7-15)11-5-4-10(8)14-11/h8-11,14H,4-7H2,1-3H3/t8-,9+,10-,11+. The minimum atomic E-state index is -0.383. The van der Waals surface area contributed by atoms with Gasteiger partial charge >= 0.3 is 6.09 Å². The number of amides is 1. The number of fused-ring (bicyclic) bond motifs is 5. The Labute approximate surface area is 103 Å². The van der Waals surface area contributed by atoms with Gasteiger partial charge in [-0.1, -0.05) is 0 Å². The lowest BCUT2D eigenvalue weighted by Gasteiger charge is -2.25. The van der Waals surface area contributed by atoms with Gasteiger partial charge in [-0.15, -0.1) is 0 Å². The first kappa shape index (κ1) is 11.3. The highest BCUT2D eigenvalue weighted by Gasteiger charge is 2.52. The number of rotatable bonds is 0. The Balaban J connectivity index is 1.63. The second kappa shape index (κ2) is 3.61. The van der Waals surface area contributed by atoms with Crippen LogP contribution < -0.4 is 5.32 Å². The summed E-state index contributed by atoms with van der Waals surface area (Å²) in [6, 6.07) is 1.30. The number of nitrogens with zero attached hydrogens (tertiary/aromatic N) is 1. The molecule has 3 aliphatic rings. The van der Waals surface area contributed by atoms with E-state index in [1.807, 2.05) is 25.7 Å². The summed E-state index contributed by atoms with van der Waals surface area (Å²) in [5.41, 5.74) is -0.383. The summed E-state index contributed by atoms with van der Waals surface area (Å²) in [5, 5.41) is 3.66. The van der Waals surface area contributed by atoms with Crippen LogP contribution in [0.5, 0.6) is 0 Å². The van der Waals surface area contributed by atoms with Crippen LogP contribution in [0.3, 0.4) is 0 Å². The molecule has 2 bridgehead atoms. The summed E-state index contributed by atoms with van der Waals surface area (Å²) in [6.45, 7) is 7.54. The summed E-state index contributed by atoms with van der Waals surface area (Å²) in [6.07, 6.45) is 2.44. The minimum Gasteiger partial charge on any atom is -0.444 e. The predicted octanol–water partition coefficient (Wildman–Crippen LogP) is 1.60.